The number of hydrogen-bond acceptors (Lipinski definition) is 11. The number of ether oxygens (including phenoxy) is 1. The number of nitrogens with zero attached hydrogens (tertiary/aromatic N) is 4. The molecular weight excluding hydrogens is 761 g/mol. The van der Waals surface area contributed by atoms with E-state index in [4.69, 9.17) is 16.3 Å². The number of carboxylic acids is 1. The summed E-state index contributed by atoms with van der Waals surface area (Å²) in [6.07, 6.45) is -0.294. The molecule has 2 aromatic heterocycles. The zero-order valence-electron chi connectivity index (χ0n) is 29.0. The lowest BCUT2D eigenvalue weighted by Crippen LogP contribution is -2.44. The number of H-pyrrole nitrogens is 1. The smallest absolute Gasteiger partial charge is 0.422 e. The molecule has 0 saturated heterocycles. The molecule has 0 aliphatic heterocycles. The van der Waals surface area contributed by atoms with Gasteiger partial charge in [0, 0.05) is 46.5 Å². The molecule has 3 aromatic carbocycles. The van der Waals surface area contributed by atoms with Crippen LogP contribution in [-0.4, -0.2) is 79.1 Å². The average molecular weight is 793 g/mol. The average Bonchev–Trinajstić information content (AvgIpc) is 3.72. The maximum absolute atomic E-state index is 13.0. The monoisotopic (exact) mass is 792 g/mol. The molecule has 20 heteroatoms. The van der Waals surface area contributed by atoms with E-state index >= 15 is 0 Å². The van der Waals surface area contributed by atoms with Gasteiger partial charge in [0.1, 0.15) is 11.9 Å². The number of benzene rings is 3. The minimum Gasteiger partial charge on any atom is -0.480 e. The first-order valence-corrected chi connectivity index (χ1v) is 17.2. The number of rotatable bonds is 15. The van der Waals surface area contributed by atoms with Gasteiger partial charge < -0.3 is 41.4 Å². The van der Waals surface area contributed by atoms with Gasteiger partial charge in [0.2, 0.25) is 11.9 Å². The van der Waals surface area contributed by atoms with Gasteiger partial charge in [-0.25, -0.2) is 9.78 Å². The summed E-state index contributed by atoms with van der Waals surface area (Å²) >= 11 is 6.02. The van der Waals surface area contributed by atoms with Crippen LogP contribution in [0.2, 0.25) is 5.02 Å². The van der Waals surface area contributed by atoms with Crippen LogP contribution < -0.4 is 31.3 Å². The number of halogens is 4. The number of hydrogen-bond donors (Lipinski definition) is 7. The van der Waals surface area contributed by atoms with Crippen LogP contribution in [0.3, 0.4) is 0 Å². The highest BCUT2D eigenvalue weighted by Crippen LogP contribution is 2.48. The van der Waals surface area contributed by atoms with Gasteiger partial charge in [-0.2, -0.15) is 28.1 Å². The standard InChI is InChI=1S/C36H32ClF3N10O6/c37-23-8-6-22(7-9-23)35(13-14-35)50-33-47-32(48-34(49-33)56-19-36(38,39)40)45-24-10-4-20(5-11-24)28(51)46-26(31(54)55)12-15-43-29(52)30(53)44-25-3-1-2-21(18-25)27-41-16-17-42-27/h1-11,16-18,26H,12-15,19H2,(H,41,42)(H,43,52)(H,44,53)(H,46,51)(H,54,55)(H2,45,47,48,49,50)/t26-/m0/s1. The number of imidazole rings is 1. The van der Waals surface area contributed by atoms with E-state index in [-0.39, 0.29) is 30.4 Å². The fraction of sp³-hybridized carbons (Fsp3) is 0.222. The van der Waals surface area contributed by atoms with E-state index in [1.54, 1.807) is 48.8 Å². The minimum absolute atomic E-state index is 0.0458. The minimum atomic E-state index is -4.65. The Bertz CT molecular complexity index is 2200. The molecule has 0 unspecified atom stereocenters. The maximum atomic E-state index is 13.0. The van der Waals surface area contributed by atoms with E-state index in [9.17, 15) is 37.5 Å². The topological polar surface area (TPSA) is 225 Å². The van der Waals surface area contributed by atoms with Gasteiger partial charge in [0.15, 0.2) is 6.61 Å². The van der Waals surface area contributed by atoms with Gasteiger partial charge in [0.25, 0.3) is 5.91 Å². The van der Waals surface area contributed by atoms with Crippen LogP contribution in [-0.2, 0) is 19.9 Å². The first-order valence-electron chi connectivity index (χ1n) is 16.8. The third-order valence-electron chi connectivity index (χ3n) is 8.30. The number of alkyl halides is 3. The fourth-order valence-electron chi connectivity index (χ4n) is 5.37. The van der Waals surface area contributed by atoms with E-state index in [0.29, 0.717) is 40.6 Å². The normalized spacial score (nSPS) is 13.5. The molecule has 1 atom stereocenters. The second-order valence-electron chi connectivity index (χ2n) is 12.5. The molecule has 0 bridgehead atoms. The van der Waals surface area contributed by atoms with E-state index < -0.39 is 54.1 Å². The van der Waals surface area contributed by atoms with Crippen LogP contribution in [0.25, 0.3) is 11.4 Å². The van der Waals surface area contributed by atoms with Crippen molar-refractivity contribution in [2.45, 2.75) is 37.0 Å². The Labute approximate surface area is 320 Å². The zero-order chi connectivity index (χ0) is 39.9. The number of nitrogens with one attached hydrogen (secondary N) is 6. The summed E-state index contributed by atoms with van der Waals surface area (Å²) in [5, 5.41) is 23.4. The zero-order valence-corrected chi connectivity index (χ0v) is 29.7. The molecule has 0 spiro atoms. The fourth-order valence-corrected chi connectivity index (χ4v) is 5.50. The summed E-state index contributed by atoms with van der Waals surface area (Å²) in [5.41, 5.74) is 1.71. The molecule has 7 N–H and O–H groups in total. The van der Waals surface area contributed by atoms with Gasteiger partial charge in [-0.3, -0.25) is 14.4 Å². The van der Waals surface area contributed by atoms with Gasteiger partial charge in [-0.1, -0.05) is 35.9 Å². The predicted octanol–water partition coefficient (Wildman–Crippen LogP) is 5.03. The number of aromatic amines is 1. The van der Waals surface area contributed by atoms with Crippen LogP contribution in [0, 0.1) is 0 Å². The molecular formula is C36H32ClF3N10O6. The molecule has 1 aliphatic rings. The van der Waals surface area contributed by atoms with Crippen LogP contribution >= 0.6 is 11.6 Å². The van der Waals surface area contributed by atoms with Crippen LogP contribution in [0.1, 0.15) is 35.2 Å². The molecule has 1 fully saturated rings. The highest BCUT2D eigenvalue weighted by atomic mass is 35.5. The second kappa shape index (κ2) is 16.7. The third-order valence-corrected chi connectivity index (χ3v) is 8.55. The van der Waals surface area contributed by atoms with Crippen molar-refractivity contribution in [1.82, 2.24) is 35.6 Å². The first-order chi connectivity index (χ1) is 26.7. The summed E-state index contributed by atoms with van der Waals surface area (Å²) < 4.78 is 43.7. The lowest BCUT2D eigenvalue weighted by atomic mass is 10.1. The summed E-state index contributed by atoms with van der Waals surface area (Å²) in [6, 6.07) is 17.3. The Balaban J connectivity index is 1.04. The van der Waals surface area contributed by atoms with Crippen LogP contribution in [0.15, 0.2) is 85.2 Å². The second-order valence-corrected chi connectivity index (χ2v) is 12.9. The van der Waals surface area contributed by atoms with Crippen molar-refractivity contribution in [2.24, 2.45) is 0 Å². The number of aliphatic carboxylic acids is 1. The third kappa shape index (κ3) is 10.5. The van der Waals surface area contributed by atoms with E-state index in [1.807, 2.05) is 12.1 Å². The molecule has 6 rings (SSSR count). The van der Waals surface area contributed by atoms with Crippen molar-refractivity contribution in [1.29, 1.82) is 0 Å². The Hall–Kier alpha value is -6.76. The molecule has 290 valence electrons. The van der Waals surface area contributed by atoms with E-state index in [2.05, 4.69) is 51.5 Å². The van der Waals surface area contributed by atoms with Crippen molar-refractivity contribution in [3.63, 3.8) is 0 Å². The van der Waals surface area contributed by atoms with Crippen molar-refractivity contribution in [3.8, 4) is 17.4 Å². The van der Waals surface area contributed by atoms with Crippen molar-refractivity contribution in [3.05, 3.63) is 101 Å². The summed E-state index contributed by atoms with van der Waals surface area (Å²) in [7, 11) is 0. The quantitative estimate of drug-likeness (QED) is 0.0694. The number of aromatic nitrogens is 5. The van der Waals surface area contributed by atoms with Crippen LogP contribution in [0.4, 0.5) is 36.4 Å². The van der Waals surface area contributed by atoms with Crippen molar-refractivity contribution >= 4 is 58.6 Å². The highest BCUT2D eigenvalue weighted by molar-refractivity contribution is 6.39. The summed E-state index contributed by atoms with van der Waals surface area (Å²) in [6.45, 7) is -1.89. The Morgan fingerprint density at radius 3 is 2.32 bits per heavy atom. The van der Waals surface area contributed by atoms with Crippen molar-refractivity contribution in [2.75, 3.05) is 29.1 Å². The number of carbonyl (C=O) groups is 4. The lowest BCUT2D eigenvalue weighted by molar-refractivity contribution is -0.154. The SMILES string of the molecule is O=C(NCC[C@H](NC(=O)c1ccc(Nc2nc(NC3(c4ccc(Cl)cc4)CC3)nc(OCC(F)(F)F)n2)cc1)C(=O)O)C(=O)Nc1cccc(-c2ncc[nH]2)c1. The number of anilines is 4. The van der Waals surface area contributed by atoms with Crippen LogP contribution in [0.5, 0.6) is 6.01 Å². The van der Waals surface area contributed by atoms with E-state index in [1.165, 1.54) is 24.3 Å². The molecule has 3 amide bonds. The Morgan fingerprint density at radius 2 is 1.66 bits per heavy atom. The molecule has 1 saturated carbocycles. The Morgan fingerprint density at radius 1 is 0.929 bits per heavy atom. The number of amides is 3. The highest BCUT2D eigenvalue weighted by Gasteiger charge is 2.45. The first kappa shape index (κ1) is 38.9. The van der Waals surface area contributed by atoms with Gasteiger partial charge in [-0.05, 0) is 73.4 Å². The number of carbonyl (C=O) groups excluding carboxylic acids is 3. The molecule has 1 aliphatic carbocycles. The van der Waals surface area contributed by atoms with Gasteiger partial charge >= 0.3 is 30.0 Å². The molecule has 56 heavy (non-hydrogen) atoms. The lowest BCUT2D eigenvalue weighted by Gasteiger charge is -2.19. The maximum Gasteiger partial charge on any atom is 0.422 e. The molecule has 16 nitrogen and oxygen atoms in total. The summed E-state index contributed by atoms with van der Waals surface area (Å²) in [5.74, 6) is -3.77. The Kier molecular flexibility index (Phi) is 11.6. The van der Waals surface area contributed by atoms with Crippen molar-refractivity contribution < 1.29 is 42.2 Å². The number of carboxylic acid groups (broad SMARTS) is 1. The molecule has 5 aromatic rings. The van der Waals surface area contributed by atoms with Gasteiger partial charge in [-0.15, -0.1) is 0 Å². The predicted molar refractivity (Wildman–Crippen MR) is 196 cm³/mol. The largest absolute Gasteiger partial charge is 0.480 e. The van der Waals surface area contributed by atoms with E-state index in [0.717, 1.165) is 5.56 Å². The molecule has 2 heterocycles. The molecule has 0 radical (unpaired) electrons. The summed E-state index contributed by atoms with van der Waals surface area (Å²) in [4.78, 5) is 69.1. The van der Waals surface area contributed by atoms with Gasteiger partial charge in [0.05, 0.1) is 5.54 Å².